The van der Waals surface area contributed by atoms with Crippen LogP contribution in [0.25, 0.3) is 0 Å². The molecular weight excluding hydrogens is 1040 g/mol. The van der Waals surface area contributed by atoms with Crippen LogP contribution in [0.2, 0.25) is 0 Å². The molecule has 3 fully saturated rings. The Hall–Kier alpha value is -5.13. The molecule has 18 N–H and O–H groups in total. The Balaban J connectivity index is 1.75. The van der Waals surface area contributed by atoms with Crippen molar-refractivity contribution in [3.8, 4) is 5.75 Å². The van der Waals surface area contributed by atoms with E-state index in [0.717, 1.165) is 55.2 Å². The predicted molar refractivity (Wildman–Crippen MR) is 291 cm³/mol. The first-order chi connectivity index (χ1) is 38.0. The number of aromatic hydroxyl groups is 1. The number of phenols is 1. The highest BCUT2D eigenvalue weighted by Crippen LogP contribution is 2.27. The van der Waals surface area contributed by atoms with Crippen LogP contribution in [0.4, 0.5) is 0 Å². The number of aliphatic hydroxyl groups excluding tert-OH is 8. The van der Waals surface area contributed by atoms with Gasteiger partial charge in [-0.25, -0.2) is 0 Å². The lowest BCUT2D eigenvalue weighted by Crippen LogP contribution is -2.65. The molecule has 4 rings (SSSR count). The van der Waals surface area contributed by atoms with Crippen LogP contribution in [-0.4, -0.2) is 222 Å². The molecule has 26 nitrogen and oxygen atoms in total. The molecule has 454 valence electrons. The Morgan fingerprint density at radius 2 is 1.36 bits per heavy atom. The van der Waals surface area contributed by atoms with E-state index >= 15 is 0 Å². The monoisotopic (exact) mass is 1140 g/mol. The molecule has 3 aliphatic rings. The Kier molecular flexibility index (Phi) is 28.4. The van der Waals surface area contributed by atoms with Gasteiger partial charge in [0, 0.05) is 52.0 Å². The normalized spacial score (nSPS) is 28.0. The number of benzene rings is 1. The van der Waals surface area contributed by atoms with Crippen molar-refractivity contribution in [1.82, 2.24) is 47.0 Å². The maximum atomic E-state index is 14.7. The summed E-state index contributed by atoms with van der Waals surface area (Å²) in [5.74, 6) is -6.50. The van der Waals surface area contributed by atoms with E-state index < -0.39 is 146 Å². The minimum atomic E-state index is -2.29. The molecule has 16 atom stereocenters. The van der Waals surface area contributed by atoms with Crippen LogP contribution in [0.5, 0.6) is 5.75 Å². The number of hydrogen-bond donors (Lipinski definition) is 17. The van der Waals surface area contributed by atoms with Gasteiger partial charge < -0.3 is 93.4 Å². The molecule has 7 amide bonds. The van der Waals surface area contributed by atoms with Gasteiger partial charge in [-0.15, -0.1) is 0 Å². The van der Waals surface area contributed by atoms with Gasteiger partial charge in [0.15, 0.2) is 0 Å². The van der Waals surface area contributed by atoms with Crippen LogP contribution in [0.1, 0.15) is 129 Å². The van der Waals surface area contributed by atoms with E-state index in [1.165, 1.54) is 30.7 Å². The lowest BCUT2D eigenvalue weighted by Gasteiger charge is -2.35. The van der Waals surface area contributed by atoms with Crippen molar-refractivity contribution in [2.24, 2.45) is 17.6 Å². The summed E-state index contributed by atoms with van der Waals surface area (Å²) in [5.41, 5.74) is 5.71. The first-order valence-corrected chi connectivity index (χ1v) is 28.4. The number of carbonyl (C=O) groups is 7. The Morgan fingerprint density at radius 1 is 0.725 bits per heavy atom. The summed E-state index contributed by atoms with van der Waals surface area (Å²) in [5, 5.41) is 117. The summed E-state index contributed by atoms with van der Waals surface area (Å²) in [4.78, 5) is 103. The topological polar surface area (TPSA) is 418 Å². The highest BCUT2D eigenvalue weighted by molar-refractivity contribution is 5.98. The second-order valence-electron chi connectivity index (χ2n) is 22.0. The fraction of sp³-hybridized carbons (Fsp3) is 0.759. The minimum absolute atomic E-state index is 0.000238. The van der Waals surface area contributed by atoms with Crippen molar-refractivity contribution in [2.75, 3.05) is 45.9 Å². The fourth-order valence-electron chi connectivity index (χ4n) is 10.5. The van der Waals surface area contributed by atoms with Gasteiger partial charge >= 0.3 is 0 Å². The SMILES string of the molecule is CCC(C)CC(C)CCCCCCCCC(=O)N[C@H]1C[C@@H](O)C(NCCNCCO)NC(=O)C2[C@@H](O)CCN2C(=O)C([C@H](O)CCN)NC(=O)C([C@H](O)[C@@H](O)c2ccc(O)cc2)NC(=O)C2C[C@@H](O)CN2C(=O)C([C@@H](C)O)NC1=O. The zero-order chi connectivity index (χ0) is 59.2. The first kappa shape index (κ1) is 67.4. The number of phenolic OH excluding ortho intramolecular Hbond substituents is 1. The molecule has 0 radical (unpaired) electrons. The highest BCUT2D eigenvalue weighted by atomic mass is 16.3. The van der Waals surface area contributed by atoms with Gasteiger partial charge in [-0.05, 0) is 68.7 Å². The van der Waals surface area contributed by atoms with E-state index in [9.17, 15) is 79.5 Å². The quantitative estimate of drug-likeness (QED) is 0.0397. The van der Waals surface area contributed by atoms with Crippen LogP contribution in [0, 0.1) is 11.8 Å². The van der Waals surface area contributed by atoms with Crippen molar-refractivity contribution < 1.29 is 79.5 Å². The fourth-order valence-corrected chi connectivity index (χ4v) is 10.5. The van der Waals surface area contributed by atoms with Gasteiger partial charge in [-0.2, -0.15) is 0 Å². The first-order valence-electron chi connectivity index (χ1n) is 28.4. The summed E-state index contributed by atoms with van der Waals surface area (Å²) in [7, 11) is 0. The van der Waals surface area contributed by atoms with Crippen LogP contribution in [0.15, 0.2) is 24.3 Å². The maximum Gasteiger partial charge on any atom is 0.248 e. The number of fused-ring (bicyclic) bond motifs is 2. The maximum absolute atomic E-state index is 14.7. The molecular formula is C54H92N10O16. The molecule has 0 bridgehead atoms. The number of amides is 7. The largest absolute Gasteiger partial charge is 0.508 e. The average Bonchev–Trinajstić information content (AvgIpc) is 4.12. The highest BCUT2D eigenvalue weighted by Gasteiger charge is 2.49. The second-order valence-corrected chi connectivity index (χ2v) is 22.0. The summed E-state index contributed by atoms with van der Waals surface area (Å²) in [6.45, 7) is 6.90. The number of hydrogen-bond acceptors (Lipinski definition) is 19. The molecule has 3 heterocycles. The molecule has 0 aromatic heterocycles. The Bertz CT molecular complexity index is 2130. The third-order valence-corrected chi connectivity index (χ3v) is 15.3. The zero-order valence-electron chi connectivity index (χ0n) is 46.8. The standard InChI is InChI=1S/C54H92N10O16/c1-5-30(2)26-31(3)12-10-8-6-7-9-11-13-41(72)58-36-28-40(71)48(57-22-21-56-23-25-65)62-52(78)45-39(70)19-24-63(45)54(80)43(38(69)18-20-55)60-51(77)44(47(74)46(73)33-14-16-34(67)17-15-33)61-50(76)37-27-35(68)29-64(37)53(79)42(32(4)66)59-49(36)75/h14-17,30-32,35-40,42-48,56-57,65-71,73-74H,5-13,18-29,55H2,1-4H3,(H,58,72)(H,59,75)(H,60,77)(H,61,76)(H,62,78)/t30?,31?,32-,35-,36+,37?,38-,39+,40-,42?,43?,44?,45?,46+,47+,48?/m1/s1. The number of carbonyl (C=O) groups excluding carboxylic acids is 7. The van der Waals surface area contributed by atoms with Gasteiger partial charge in [-0.1, -0.05) is 77.8 Å². The summed E-state index contributed by atoms with van der Waals surface area (Å²) >= 11 is 0. The number of nitrogens with one attached hydrogen (secondary N) is 7. The van der Waals surface area contributed by atoms with E-state index in [1.54, 1.807) is 0 Å². The van der Waals surface area contributed by atoms with Crippen LogP contribution in [-0.2, 0) is 33.6 Å². The second kappa shape index (κ2) is 33.7. The van der Waals surface area contributed by atoms with E-state index in [1.807, 2.05) is 0 Å². The van der Waals surface area contributed by atoms with Crippen LogP contribution in [0.3, 0.4) is 0 Å². The molecule has 1 aromatic carbocycles. The molecule has 80 heavy (non-hydrogen) atoms. The van der Waals surface area contributed by atoms with E-state index in [2.05, 4.69) is 58.0 Å². The number of rotatable bonds is 26. The van der Waals surface area contributed by atoms with E-state index in [0.29, 0.717) is 24.7 Å². The van der Waals surface area contributed by atoms with Crippen molar-refractivity contribution in [1.29, 1.82) is 0 Å². The average molecular weight is 1140 g/mol. The third kappa shape index (κ3) is 20.1. The molecule has 26 heteroatoms. The van der Waals surface area contributed by atoms with E-state index in [4.69, 9.17) is 5.73 Å². The Morgan fingerprint density at radius 3 is 2.01 bits per heavy atom. The van der Waals surface area contributed by atoms with Gasteiger partial charge in [0.2, 0.25) is 41.4 Å². The Labute approximate surface area is 468 Å². The minimum Gasteiger partial charge on any atom is -0.508 e. The zero-order valence-corrected chi connectivity index (χ0v) is 46.8. The number of aliphatic hydroxyl groups is 8. The molecule has 3 saturated heterocycles. The van der Waals surface area contributed by atoms with Crippen LogP contribution < -0.4 is 43.0 Å². The van der Waals surface area contributed by atoms with Gasteiger partial charge in [0.25, 0.3) is 0 Å². The number of nitrogens with zero attached hydrogens (tertiary/aromatic N) is 2. The van der Waals surface area contributed by atoms with Crippen molar-refractivity contribution in [2.45, 2.75) is 203 Å². The molecule has 8 unspecified atom stereocenters. The molecule has 0 aliphatic carbocycles. The smallest absolute Gasteiger partial charge is 0.248 e. The lowest BCUT2D eigenvalue weighted by molar-refractivity contribution is -0.148. The van der Waals surface area contributed by atoms with Crippen LogP contribution >= 0.6 is 0 Å². The van der Waals surface area contributed by atoms with Crippen molar-refractivity contribution in [3.05, 3.63) is 29.8 Å². The van der Waals surface area contributed by atoms with Crippen molar-refractivity contribution in [3.63, 3.8) is 0 Å². The molecule has 1 aromatic rings. The van der Waals surface area contributed by atoms with Crippen molar-refractivity contribution >= 4 is 41.4 Å². The summed E-state index contributed by atoms with van der Waals surface area (Å²) in [6.07, 6.45) is -7.17. The third-order valence-electron chi connectivity index (χ3n) is 15.3. The summed E-state index contributed by atoms with van der Waals surface area (Å²) in [6, 6.07) is -6.49. The van der Waals surface area contributed by atoms with E-state index in [-0.39, 0.29) is 69.9 Å². The molecule has 0 spiro atoms. The van der Waals surface area contributed by atoms with Gasteiger partial charge in [0.05, 0.1) is 37.1 Å². The number of nitrogens with two attached hydrogens (primary N) is 1. The summed E-state index contributed by atoms with van der Waals surface area (Å²) < 4.78 is 0. The number of unbranched alkanes of at least 4 members (excludes halogenated alkanes) is 5. The molecule has 3 aliphatic heterocycles. The van der Waals surface area contributed by atoms with Gasteiger partial charge in [-0.3, -0.25) is 38.9 Å². The lowest BCUT2D eigenvalue weighted by atomic mass is 9.91. The predicted octanol–water partition coefficient (Wildman–Crippen LogP) is -3.69. The van der Waals surface area contributed by atoms with Gasteiger partial charge in [0.1, 0.15) is 60.4 Å². The molecule has 0 saturated carbocycles.